The standard InChI is InChI=1S/C13H13FN2O2/c14-10-2-4-12(9(5-10)7-15)16-11-3-1-8(6-11)13(17)18/h2,4-5,8,11,16H,1,3,6H2,(H,17,18). The fourth-order valence-electron chi connectivity index (χ4n) is 2.29. The van der Waals surface area contributed by atoms with E-state index in [2.05, 4.69) is 5.32 Å². The molecule has 1 saturated carbocycles. The number of nitrogens with one attached hydrogen (secondary N) is 1. The largest absolute Gasteiger partial charge is 0.481 e. The summed E-state index contributed by atoms with van der Waals surface area (Å²) in [5.74, 6) is -1.56. The van der Waals surface area contributed by atoms with Crippen molar-refractivity contribution in [3.63, 3.8) is 0 Å². The maximum Gasteiger partial charge on any atom is 0.306 e. The van der Waals surface area contributed by atoms with Gasteiger partial charge in [-0.2, -0.15) is 5.26 Å². The lowest BCUT2D eigenvalue weighted by atomic mass is 10.1. The van der Waals surface area contributed by atoms with Crippen LogP contribution in [0.25, 0.3) is 0 Å². The molecule has 0 aromatic heterocycles. The molecule has 0 amide bonds. The normalized spacial score (nSPS) is 22.4. The van der Waals surface area contributed by atoms with Gasteiger partial charge in [0.25, 0.3) is 0 Å². The Bertz CT molecular complexity index is 510. The Morgan fingerprint density at radius 2 is 2.28 bits per heavy atom. The highest BCUT2D eigenvalue weighted by Gasteiger charge is 2.29. The molecule has 0 spiro atoms. The van der Waals surface area contributed by atoms with Crippen LogP contribution in [0.5, 0.6) is 0 Å². The minimum Gasteiger partial charge on any atom is -0.481 e. The number of nitriles is 1. The fourth-order valence-corrected chi connectivity index (χ4v) is 2.29. The van der Waals surface area contributed by atoms with Gasteiger partial charge in [0.1, 0.15) is 11.9 Å². The molecule has 0 saturated heterocycles. The number of benzene rings is 1. The number of nitrogens with zero attached hydrogens (tertiary/aromatic N) is 1. The first-order valence-corrected chi connectivity index (χ1v) is 5.79. The van der Waals surface area contributed by atoms with Crippen LogP contribution in [0.2, 0.25) is 0 Å². The molecule has 2 rings (SSSR count). The van der Waals surface area contributed by atoms with Crippen molar-refractivity contribution in [3.8, 4) is 6.07 Å². The van der Waals surface area contributed by atoms with E-state index in [1.165, 1.54) is 18.2 Å². The first-order valence-electron chi connectivity index (χ1n) is 5.79. The Morgan fingerprint density at radius 3 is 2.89 bits per heavy atom. The number of hydrogen-bond acceptors (Lipinski definition) is 3. The molecule has 2 unspecified atom stereocenters. The van der Waals surface area contributed by atoms with Gasteiger partial charge in [-0.3, -0.25) is 4.79 Å². The van der Waals surface area contributed by atoms with Crippen molar-refractivity contribution in [1.29, 1.82) is 5.26 Å². The number of carboxylic acids is 1. The second kappa shape index (κ2) is 5.05. The molecule has 2 atom stereocenters. The molecule has 0 aliphatic heterocycles. The van der Waals surface area contributed by atoms with Gasteiger partial charge >= 0.3 is 5.97 Å². The van der Waals surface area contributed by atoms with E-state index in [9.17, 15) is 9.18 Å². The van der Waals surface area contributed by atoms with Crippen LogP contribution in [-0.2, 0) is 4.79 Å². The molecule has 0 radical (unpaired) electrons. The van der Waals surface area contributed by atoms with Crippen LogP contribution >= 0.6 is 0 Å². The van der Waals surface area contributed by atoms with E-state index in [-0.39, 0.29) is 17.5 Å². The predicted octanol–water partition coefficient (Wildman–Crippen LogP) is 2.36. The Kier molecular flexibility index (Phi) is 3.47. The Hall–Kier alpha value is -2.09. The summed E-state index contributed by atoms with van der Waals surface area (Å²) in [7, 11) is 0. The van der Waals surface area contributed by atoms with Crippen molar-refractivity contribution in [2.24, 2.45) is 5.92 Å². The highest BCUT2D eigenvalue weighted by Crippen LogP contribution is 2.29. The van der Waals surface area contributed by atoms with Crippen LogP contribution in [0.1, 0.15) is 24.8 Å². The lowest BCUT2D eigenvalue weighted by molar-refractivity contribution is -0.141. The first-order chi connectivity index (χ1) is 8.60. The van der Waals surface area contributed by atoms with E-state index < -0.39 is 11.8 Å². The van der Waals surface area contributed by atoms with Crippen LogP contribution in [0, 0.1) is 23.1 Å². The van der Waals surface area contributed by atoms with E-state index in [0.717, 1.165) is 6.42 Å². The second-order valence-electron chi connectivity index (χ2n) is 4.49. The minimum atomic E-state index is -0.779. The minimum absolute atomic E-state index is 0.0312. The molecule has 0 heterocycles. The van der Waals surface area contributed by atoms with Gasteiger partial charge in [0.05, 0.1) is 17.2 Å². The smallest absolute Gasteiger partial charge is 0.306 e. The molecule has 4 nitrogen and oxygen atoms in total. The summed E-state index contributed by atoms with van der Waals surface area (Å²) in [5, 5.41) is 20.9. The third-order valence-corrected chi connectivity index (χ3v) is 3.24. The molecule has 1 aromatic rings. The van der Waals surface area contributed by atoms with Crippen molar-refractivity contribution in [3.05, 3.63) is 29.6 Å². The van der Waals surface area contributed by atoms with Gasteiger partial charge < -0.3 is 10.4 Å². The summed E-state index contributed by atoms with van der Waals surface area (Å²) in [6, 6.07) is 5.93. The lowest BCUT2D eigenvalue weighted by Gasteiger charge is -2.15. The third kappa shape index (κ3) is 2.59. The van der Waals surface area contributed by atoms with Gasteiger partial charge in [-0.15, -0.1) is 0 Å². The summed E-state index contributed by atoms with van der Waals surface area (Å²) < 4.78 is 13.0. The van der Waals surface area contributed by atoms with E-state index in [4.69, 9.17) is 10.4 Å². The predicted molar refractivity (Wildman–Crippen MR) is 63.5 cm³/mol. The summed E-state index contributed by atoms with van der Waals surface area (Å²) in [6.45, 7) is 0. The number of anilines is 1. The average molecular weight is 248 g/mol. The molecule has 18 heavy (non-hydrogen) atoms. The van der Waals surface area contributed by atoms with Crippen LogP contribution < -0.4 is 5.32 Å². The Balaban J connectivity index is 2.07. The van der Waals surface area contributed by atoms with Gasteiger partial charge in [0.2, 0.25) is 0 Å². The quantitative estimate of drug-likeness (QED) is 0.861. The topological polar surface area (TPSA) is 73.1 Å². The van der Waals surface area contributed by atoms with Crippen molar-refractivity contribution in [2.45, 2.75) is 25.3 Å². The summed E-state index contributed by atoms with van der Waals surface area (Å²) in [5.41, 5.74) is 0.809. The van der Waals surface area contributed by atoms with Gasteiger partial charge in [0, 0.05) is 6.04 Å². The van der Waals surface area contributed by atoms with Gasteiger partial charge in [-0.05, 0) is 37.5 Å². The molecular formula is C13H13FN2O2. The summed E-state index contributed by atoms with van der Waals surface area (Å²) in [6.07, 6.45) is 1.92. The van der Waals surface area contributed by atoms with Gasteiger partial charge in [0.15, 0.2) is 0 Å². The molecule has 1 aliphatic carbocycles. The van der Waals surface area contributed by atoms with E-state index >= 15 is 0 Å². The van der Waals surface area contributed by atoms with Crippen molar-refractivity contribution < 1.29 is 14.3 Å². The van der Waals surface area contributed by atoms with E-state index in [0.29, 0.717) is 18.5 Å². The van der Waals surface area contributed by atoms with Gasteiger partial charge in [-0.1, -0.05) is 0 Å². The fraction of sp³-hybridized carbons (Fsp3) is 0.385. The number of rotatable bonds is 3. The number of carbonyl (C=O) groups is 1. The van der Waals surface area contributed by atoms with Crippen molar-refractivity contribution >= 4 is 11.7 Å². The molecule has 2 N–H and O–H groups in total. The molecular weight excluding hydrogens is 235 g/mol. The van der Waals surface area contributed by atoms with Crippen LogP contribution in [0.4, 0.5) is 10.1 Å². The van der Waals surface area contributed by atoms with E-state index in [1.54, 1.807) is 0 Å². The van der Waals surface area contributed by atoms with Gasteiger partial charge in [-0.25, -0.2) is 4.39 Å². The molecule has 1 aromatic carbocycles. The molecule has 1 aliphatic rings. The monoisotopic (exact) mass is 248 g/mol. The first kappa shape index (κ1) is 12.4. The SMILES string of the molecule is N#Cc1cc(F)ccc1NC1CCC(C(=O)O)C1. The zero-order chi connectivity index (χ0) is 13.1. The number of carboxylic acid groups (broad SMARTS) is 1. The molecule has 1 fully saturated rings. The third-order valence-electron chi connectivity index (χ3n) is 3.24. The maximum absolute atomic E-state index is 13.0. The highest BCUT2D eigenvalue weighted by atomic mass is 19.1. The molecule has 5 heteroatoms. The summed E-state index contributed by atoms with van der Waals surface area (Å²) >= 11 is 0. The van der Waals surface area contributed by atoms with Crippen LogP contribution in [-0.4, -0.2) is 17.1 Å². The maximum atomic E-state index is 13.0. The molecule has 94 valence electrons. The average Bonchev–Trinajstić information content (AvgIpc) is 2.80. The highest BCUT2D eigenvalue weighted by molar-refractivity contribution is 5.70. The van der Waals surface area contributed by atoms with Crippen molar-refractivity contribution in [2.75, 3.05) is 5.32 Å². The van der Waals surface area contributed by atoms with Crippen molar-refractivity contribution in [1.82, 2.24) is 0 Å². The molecule has 0 bridgehead atoms. The Labute approximate surface area is 104 Å². The van der Waals surface area contributed by atoms with E-state index in [1.807, 2.05) is 6.07 Å². The van der Waals surface area contributed by atoms with Crippen LogP contribution in [0.15, 0.2) is 18.2 Å². The second-order valence-corrected chi connectivity index (χ2v) is 4.49. The number of aliphatic carboxylic acids is 1. The Morgan fingerprint density at radius 1 is 1.50 bits per heavy atom. The lowest BCUT2D eigenvalue weighted by Crippen LogP contribution is -2.18. The summed E-state index contributed by atoms with van der Waals surface area (Å²) in [4.78, 5) is 10.8. The zero-order valence-electron chi connectivity index (χ0n) is 9.69. The van der Waals surface area contributed by atoms with Crippen LogP contribution in [0.3, 0.4) is 0 Å². The number of halogens is 1. The number of hydrogen-bond donors (Lipinski definition) is 2. The zero-order valence-corrected chi connectivity index (χ0v) is 9.69.